The van der Waals surface area contributed by atoms with Crippen LogP contribution in [0.4, 0.5) is 10.5 Å². The fraction of sp³-hybridized carbons (Fsp3) is 0.500. The number of nitrogens with two attached hydrogens (primary N) is 1. The van der Waals surface area contributed by atoms with Gasteiger partial charge in [-0.2, -0.15) is 0 Å². The van der Waals surface area contributed by atoms with Gasteiger partial charge in [-0.1, -0.05) is 6.07 Å². The molecule has 0 aliphatic carbocycles. The molecule has 2 rings (SSSR count). The molecule has 1 aromatic rings. The number of anilines is 1. The second-order valence-corrected chi connectivity index (χ2v) is 5.02. The van der Waals surface area contributed by atoms with Crippen molar-refractivity contribution >= 4 is 11.7 Å². The summed E-state index contributed by atoms with van der Waals surface area (Å²) in [6.07, 6.45) is 0.975. The number of hydrogen-bond donors (Lipinski definition) is 2. The number of methoxy groups -OCH3 is 1. The van der Waals surface area contributed by atoms with Crippen LogP contribution >= 0.6 is 0 Å². The molecule has 0 spiro atoms. The SMILES string of the molecule is COc1cccc(NC(=O)N2CCC(C(C)N)C2)c1. The van der Waals surface area contributed by atoms with Gasteiger partial charge in [0.1, 0.15) is 5.75 Å². The van der Waals surface area contributed by atoms with Crippen LogP contribution < -0.4 is 15.8 Å². The van der Waals surface area contributed by atoms with Gasteiger partial charge in [-0.25, -0.2) is 4.79 Å². The standard InChI is InChI=1S/C14H21N3O2/c1-10(15)11-6-7-17(9-11)14(18)16-12-4-3-5-13(8-12)19-2/h3-5,8,10-11H,6-7,9,15H2,1-2H3,(H,16,18). The van der Waals surface area contributed by atoms with Crippen LogP contribution in [0.25, 0.3) is 0 Å². The average Bonchev–Trinajstić information content (AvgIpc) is 2.89. The lowest BCUT2D eigenvalue weighted by molar-refractivity contribution is 0.220. The van der Waals surface area contributed by atoms with Crippen LogP contribution in [-0.4, -0.2) is 37.2 Å². The summed E-state index contributed by atoms with van der Waals surface area (Å²) < 4.78 is 5.13. The van der Waals surface area contributed by atoms with Crippen molar-refractivity contribution in [3.05, 3.63) is 24.3 Å². The van der Waals surface area contributed by atoms with Crippen LogP contribution in [0.3, 0.4) is 0 Å². The number of hydrogen-bond acceptors (Lipinski definition) is 3. The fourth-order valence-electron chi connectivity index (χ4n) is 2.30. The molecule has 0 aromatic heterocycles. The van der Waals surface area contributed by atoms with E-state index in [-0.39, 0.29) is 12.1 Å². The van der Waals surface area contributed by atoms with Gasteiger partial charge < -0.3 is 20.7 Å². The van der Waals surface area contributed by atoms with Crippen molar-refractivity contribution < 1.29 is 9.53 Å². The number of likely N-dealkylation sites (tertiary alicyclic amines) is 1. The van der Waals surface area contributed by atoms with Gasteiger partial charge in [0.2, 0.25) is 0 Å². The molecule has 2 unspecified atom stereocenters. The molecule has 1 saturated heterocycles. The van der Waals surface area contributed by atoms with Crippen LogP contribution in [0.1, 0.15) is 13.3 Å². The van der Waals surface area contributed by atoms with Crippen LogP contribution in [0.15, 0.2) is 24.3 Å². The fourth-order valence-corrected chi connectivity index (χ4v) is 2.30. The number of ether oxygens (including phenoxy) is 1. The molecular formula is C14H21N3O2. The minimum absolute atomic E-state index is 0.0728. The molecule has 104 valence electrons. The summed E-state index contributed by atoms with van der Waals surface area (Å²) in [7, 11) is 1.61. The topological polar surface area (TPSA) is 67.6 Å². The first-order chi connectivity index (χ1) is 9.10. The zero-order valence-electron chi connectivity index (χ0n) is 11.4. The lowest BCUT2D eigenvalue weighted by atomic mass is 10.0. The van der Waals surface area contributed by atoms with E-state index in [0.717, 1.165) is 30.9 Å². The maximum atomic E-state index is 12.1. The Morgan fingerprint density at radius 2 is 2.37 bits per heavy atom. The van der Waals surface area contributed by atoms with E-state index in [2.05, 4.69) is 5.32 Å². The third kappa shape index (κ3) is 3.38. The molecule has 1 aliphatic rings. The highest BCUT2D eigenvalue weighted by atomic mass is 16.5. The van der Waals surface area contributed by atoms with Gasteiger partial charge in [-0.15, -0.1) is 0 Å². The molecule has 5 heteroatoms. The van der Waals surface area contributed by atoms with Gasteiger partial charge >= 0.3 is 6.03 Å². The number of urea groups is 1. The molecule has 19 heavy (non-hydrogen) atoms. The highest BCUT2D eigenvalue weighted by molar-refractivity contribution is 5.89. The van der Waals surface area contributed by atoms with Gasteiger partial charge in [-0.3, -0.25) is 0 Å². The quantitative estimate of drug-likeness (QED) is 0.875. The normalized spacial score (nSPS) is 20.2. The van der Waals surface area contributed by atoms with Crippen molar-refractivity contribution in [1.82, 2.24) is 4.90 Å². The summed E-state index contributed by atoms with van der Waals surface area (Å²) in [5.41, 5.74) is 6.62. The van der Waals surface area contributed by atoms with E-state index >= 15 is 0 Å². The Morgan fingerprint density at radius 3 is 3.00 bits per heavy atom. The molecule has 0 bridgehead atoms. The lowest BCUT2D eigenvalue weighted by Crippen LogP contribution is -2.35. The Balaban J connectivity index is 1.94. The molecule has 5 nitrogen and oxygen atoms in total. The predicted octanol–water partition coefficient (Wildman–Crippen LogP) is 1.90. The highest BCUT2D eigenvalue weighted by Crippen LogP contribution is 2.21. The molecule has 1 aromatic carbocycles. The number of rotatable bonds is 3. The van der Waals surface area contributed by atoms with Crippen LogP contribution in [0.2, 0.25) is 0 Å². The Hall–Kier alpha value is -1.75. The molecular weight excluding hydrogens is 242 g/mol. The molecule has 3 N–H and O–H groups in total. The smallest absolute Gasteiger partial charge is 0.321 e. The van der Waals surface area contributed by atoms with Crippen LogP contribution in [0.5, 0.6) is 5.75 Å². The second kappa shape index (κ2) is 5.93. The van der Waals surface area contributed by atoms with Crippen molar-refractivity contribution in [2.45, 2.75) is 19.4 Å². The van der Waals surface area contributed by atoms with Crippen LogP contribution in [0, 0.1) is 5.92 Å². The number of benzene rings is 1. The molecule has 1 fully saturated rings. The van der Waals surface area contributed by atoms with E-state index in [4.69, 9.17) is 10.5 Å². The van der Waals surface area contributed by atoms with Gasteiger partial charge in [0, 0.05) is 30.9 Å². The van der Waals surface area contributed by atoms with Crippen molar-refractivity contribution in [3.8, 4) is 5.75 Å². The van der Waals surface area contributed by atoms with E-state index in [1.807, 2.05) is 30.0 Å². The number of carbonyl (C=O) groups excluding carboxylic acids is 1. The molecule has 2 atom stereocenters. The monoisotopic (exact) mass is 263 g/mol. The summed E-state index contributed by atoms with van der Waals surface area (Å²) in [6, 6.07) is 7.41. The van der Waals surface area contributed by atoms with Gasteiger partial charge in [-0.05, 0) is 31.4 Å². The van der Waals surface area contributed by atoms with E-state index in [1.54, 1.807) is 13.2 Å². The summed E-state index contributed by atoms with van der Waals surface area (Å²) in [4.78, 5) is 13.9. The van der Waals surface area contributed by atoms with E-state index < -0.39 is 0 Å². The van der Waals surface area contributed by atoms with Crippen LogP contribution in [-0.2, 0) is 0 Å². The maximum absolute atomic E-state index is 12.1. The first-order valence-corrected chi connectivity index (χ1v) is 6.55. The van der Waals surface area contributed by atoms with Crippen molar-refractivity contribution in [2.75, 3.05) is 25.5 Å². The summed E-state index contributed by atoms with van der Waals surface area (Å²) >= 11 is 0. The predicted molar refractivity (Wildman–Crippen MR) is 75.3 cm³/mol. The Labute approximate surface area is 113 Å². The maximum Gasteiger partial charge on any atom is 0.321 e. The first kappa shape index (κ1) is 13.7. The van der Waals surface area contributed by atoms with Gasteiger partial charge in [0.25, 0.3) is 0 Å². The lowest BCUT2D eigenvalue weighted by Gasteiger charge is -2.19. The molecule has 1 heterocycles. The third-order valence-electron chi connectivity index (χ3n) is 3.58. The van der Waals surface area contributed by atoms with Gasteiger partial charge in [0.05, 0.1) is 7.11 Å². The van der Waals surface area contributed by atoms with Gasteiger partial charge in [0.15, 0.2) is 0 Å². The zero-order chi connectivity index (χ0) is 13.8. The summed E-state index contributed by atoms with van der Waals surface area (Å²) in [5, 5.41) is 2.88. The number of amides is 2. The molecule has 0 saturated carbocycles. The minimum atomic E-state index is -0.0728. The Kier molecular flexibility index (Phi) is 4.27. The van der Waals surface area contributed by atoms with Crippen molar-refractivity contribution in [2.24, 2.45) is 11.7 Å². The molecule has 0 radical (unpaired) electrons. The van der Waals surface area contributed by atoms with E-state index in [9.17, 15) is 4.79 Å². The minimum Gasteiger partial charge on any atom is -0.497 e. The Bertz CT molecular complexity index is 448. The van der Waals surface area contributed by atoms with E-state index in [0.29, 0.717) is 5.92 Å². The largest absolute Gasteiger partial charge is 0.497 e. The van der Waals surface area contributed by atoms with E-state index in [1.165, 1.54) is 0 Å². The number of carbonyl (C=O) groups is 1. The average molecular weight is 263 g/mol. The summed E-state index contributed by atoms with van der Waals surface area (Å²) in [5.74, 6) is 1.13. The number of nitrogens with zero attached hydrogens (tertiary/aromatic N) is 1. The second-order valence-electron chi connectivity index (χ2n) is 5.02. The molecule has 2 amide bonds. The van der Waals surface area contributed by atoms with Crippen molar-refractivity contribution in [1.29, 1.82) is 0 Å². The molecule has 1 aliphatic heterocycles. The summed E-state index contributed by atoms with van der Waals surface area (Å²) in [6.45, 7) is 3.49. The third-order valence-corrected chi connectivity index (χ3v) is 3.58. The highest BCUT2D eigenvalue weighted by Gasteiger charge is 2.28. The first-order valence-electron chi connectivity index (χ1n) is 6.55. The zero-order valence-corrected chi connectivity index (χ0v) is 11.4. The Morgan fingerprint density at radius 1 is 1.58 bits per heavy atom. The van der Waals surface area contributed by atoms with Crippen molar-refractivity contribution in [3.63, 3.8) is 0 Å². The number of nitrogens with one attached hydrogen (secondary N) is 1.